The maximum Gasteiger partial charge on any atom is 0.282 e. The van der Waals surface area contributed by atoms with E-state index in [-0.39, 0.29) is 37.0 Å². The highest BCUT2D eigenvalue weighted by atomic mass is 32.2. The van der Waals surface area contributed by atoms with Crippen molar-refractivity contribution in [3.8, 4) is 0 Å². The number of morpholine rings is 1. The van der Waals surface area contributed by atoms with Crippen molar-refractivity contribution in [3.63, 3.8) is 0 Å². The molecular weight excluding hydrogens is 444 g/mol. The molecule has 1 amide bonds. The van der Waals surface area contributed by atoms with Gasteiger partial charge in [-0.2, -0.15) is 21.3 Å². The number of benzene rings is 1. The molecule has 3 saturated heterocycles. The Morgan fingerprint density at radius 1 is 0.839 bits per heavy atom. The van der Waals surface area contributed by atoms with Crippen molar-refractivity contribution < 1.29 is 26.4 Å². The maximum absolute atomic E-state index is 13.2. The van der Waals surface area contributed by atoms with E-state index >= 15 is 0 Å². The molecule has 3 heterocycles. The summed E-state index contributed by atoms with van der Waals surface area (Å²) in [6.45, 7) is 4.13. The summed E-state index contributed by atoms with van der Waals surface area (Å²) in [5, 5.41) is 0. The van der Waals surface area contributed by atoms with Crippen molar-refractivity contribution in [2.45, 2.75) is 24.7 Å². The van der Waals surface area contributed by atoms with Gasteiger partial charge in [-0.3, -0.25) is 4.79 Å². The van der Waals surface area contributed by atoms with Gasteiger partial charge in [0.15, 0.2) is 0 Å². The molecule has 0 aliphatic carbocycles. The van der Waals surface area contributed by atoms with Crippen LogP contribution in [0.25, 0.3) is 0 Å². The number of piperazine rings is 1. The molecule has 0 aromatic heterocycles. The molecule has 31 heavy (non-hydrogen) atoms. The van der Waals surface area contributed by atoms with E-state index in [1.165, 1.54) is 12.9 Å². The molecule has 4 rings (SSSR count). The summed E-state index contributed by atoms with van der Waals surface area (Å²) in [4.78, 5) is 13.8. The summed E-state index contributed by atoms with van der Waals surface area (Å²) < 4.78 is 61.3. The number of rotatable bonds is 5. The van der Waals surface area contributed by atoms with Crippen LogP contribution in [0, 0.1) is 6.92 Å². The Labute approximate surface area is 183 Å². The SMILES string of the molecule is Cc1cc(N2CCCC2=O)ccc1S(=O)(=O)N1CCN(S(=O)(=O)N2CCOCC2)CC1. The number of hydrogen-bond donors (Lipinski definition) is 0. The van der Waals surface area contributed by atoms with Gasteiger partial charge in [-0.15, -0.1) is 0 Å². The number of amides is 1. The normalized spacial score (nSPS) is 22.9. The first-order valence-corrected chi connectivity index (χ1v) is 13.3. The molecule has 10 nitrogen and oxygen atoms in total. The van der Waals surface area contributed by atoms with Gasteiger partial charge in [0.05, 0.1) is 18.1 Å². The van der Waals surface area contributed by atoms with Crippen LogP contribution >= 0.6 is 0 Å². The number of sulfonamides is 1. The van der Waals surface area contributed by atoms with Crippen molar-refractivity contribution in [2.24, 2.45) is 0 Å². The van der Waals surface area contributed by atoms with Crippen molar-refractivity contribution in [1.82, 2.24) is 12.9 Å². The lowest BCUT2D eigenvalue weighted by Crippen LogP contribution is -2.55. The Morgan fingerprint density at radius 2 is 1.45 bits per heavy atom. The van der Waals surface area contributed by atoms with Crippen LogP contribution in [0.5, 0.6) is 0 Å². The Bertz CT molecular complexity index is 1050. The second kappa shape index (κ2) is 8.75. The summed E-state index contributed by atoms with van der Waals surface area (Å²) >= 11 is 0. The molecule has 172 valence electrons. The van der Waals surface area contributed by atoms with E-state index in [0.717, 1.165) is 6.42 Å². The zero-order valence-electron chi connectivity index (χ0n) is 17.6. The monoisotopic (exact) mass is 472 g/mol. The Hall–Kier alpha value is -1.57. The van der Waals surface area contributed by atoms with E-state index in [2.05, 4.69) is 0 Å². The smallest absolute Gasteiger partial charge is 0.282 e. The van der Waals surface area contributed by atoms with Gasteiger partial charge in [0.2, 0.25) is 15.9 Å². The average molecular weight is 473 g/mol. The topological polar surface area (TPSA) is 108 Å². The van der Waals surface area contributed by atoms with Gasteiger partial charge in [-0.05, 0) is 37.1 Å². The van der Waals surface area contributed by atoms with Crippen LogP contribution in [0.4, 0.5) is 5.69 Å². The highest BCUT2D eigenvalue weighted by Crippen LogP contribution is 2.28. The average Bonchev–Trinajstić information content (AvgIpc) is 3.20. The predicted octanol–water partition coefficient (Wildman–Crippen LogP) is 0.00512. The molecular formula is C19H28N4O6S2. The number of aryl methyl sites for hydroxylation is 1. The van der Waals surface area contributed by atoms with Crippen LogP contribution in [-0.2, 0) is 29.8 Å². The molecule has 0 saturated carbocycles. The van der Waals surface area contributed by atoms with E-state index in [1.54, 1.807) is 30.0 Å². The molecule has 0 radical (unpaired) electrons. The largest absolute Gasteiger partial charge is 0.379 e. The fourth-order valence-corrected chi connectivity index (χ4v) is 7.42. The van der Waals surface area contributed by atoms with E-state index in [0.29, 0.717) is 50.5 Å². The quantitative estimate of drug-likeness (QED) is 0.597. The Balaban J connectivity index is 1.46. The summed E-state index contributed by atoms with van der Waals surface area (Å²) in [5.41, 5.74) is 1.28. The number of hydrogen-bond acceptors (Lipinski definition) is 6. The van der Waals surface area contributed by atoms with Crippen LogP contribution in [0.3, 0.4) is 0 Å². The standard InChI is InChI=1S/C19H28N4O6S2/c1-16-15-17(23-6-2-3-19(23)24)4-5-18(16)30(25,26)20-7-9-21(10-8-20)31(27,28)22-11-13-29-14-12-22/h4-5,15H,2-3,6-14H2,1H3. The number of anilines is 1. The number of ether oxygens (including phenoxy) is 1. The van der Waals surface area contributed by atoms with Gasteiger partial charge in [-0.25, -0.2) is 8.42 Å². The minimum absolute atomic E-state index is 0.0487. The van der Waals surface area contributed by atoms with Gasteiger partial charge in [0.1, 0.15) is 0 Å². The van der Waals surface area contributed by atoms with E-state index < -0.39 is 20.2 Å². The third-order valence-corrected chi connectivity index (χ3v) is 10.1. The second-order valence-electron chi connectivity index (χ2n) is 7.92. The van der Waals surface area contributed by atoms with Crippen molar-refractivity contribution in [1.29, 1.82) is 0 Å². The second-order valence-corrected chi connectivity index (χ2v) is 11.8. The molecule has 1 aromatic rings. The number of carbonyl (C=O) groups is 1. The fourth-order valence-electron chi connectivity index (χ4n) is 4.23. The molecule has 0 unspecified atom stereocenters. The zero-order valence-corrected chi connectivity index (χ0v) is 19.2. The number of carbonyl (C=O) groups excluding carboxylic acids is 1. The molecule has 1 aromatic carbocycles. The van der Waals surface area contributed by atoms with Gasteiger partial charge in [0, 0.05) is 57.9 Å². The van der Waals surface area contributed by atoms with E-state index in [4.69, 9.17) is 4.74 Å². The molecule has 3 fully saturated rings. The maximum atomic E-state index is 13.2. The lowest BCUT2D eigenvalue weighted by molar-refractivity contribution is -0.117. The summed E-state index contributed by atoms with van der Waals surface area (Å²) in [6, 6.07) is 4.94. The van der Waals surface area contributed by atoms with Crippen LogP contribution < -0.4 is 4.90 Å². The highest BCUT2D eigenvalue weighted by Gasteiger charge is 2.37. The van der Waals surface area contributed by atoms with E-state index in [9.17, 15) is 21.6 Å². The molecule has 12 heteroatoms. The molecule has 3 aliphatic rings. The van der Waals surface area contributed by atoms with Gasteiger partial charge >= 0.3 is 0 Å². The summed E-state index contributed by atoms with van der Waals surface area (Å²) in [5.74, 6) is 0.0487. The Kier molecular flexibility index (Phi) is 6.39. The van der Waals surface area contributed by atoms with Crippen LogP contribution in [0.2, 0.25) is 0 Å². The fraction of sp³-hybridized carbons (Fsp3) is 0.632. The van der Waals surface area contributed by atoms with Gasteiger partial charge < -0.3 is 9.64 Å². The van der Waals surface area contributed by atoms with Crippen molar-refractivity contribution in [3.05, 3.63) is 23.8 Å². The summed E-state index contributed by atoms with van der Waals surface area (Å²) in [7, 11) is -7.38. The molecule has 3 aliphatic heterocycles. The van der Waals surface area contributed by atoms with Crippen LogP contribution in [0.15, 0.2) is 23.1 Å². The van der Waals surface area contributed by atoms with Crippen molar-refractivity contribution >= 4 is 31.8 Å². The third kappa shape index (κ3) is 4.37. The van der Waals surface area contributed by atoms with Crippen molar-refractivity contribution in [2.75, 3.05) is 63.9 Å². The van der Waals surface area contributed by atoms with Gasteiger partial charge in [0.25, 0.3) is 10.2 Å². The molecule has 0 atom stereocenters. The lowest BCUT2D eigenvalue weighted by Gasteiger charge is -2.37. The Morgan fingerprint density at radius 3 is 2.03 bits per heavy atom. The first-order valence-electron chi connectivity index (χ1n) is 10.5. The minimum Gasteiger partial charge on any atom is -0.379 e. The number of nitrogens with zero attached hydrogens (tertiary/aromatic N) is 4. The lowest BCUT2D eigenvalue weighted by atomic mass is 10.2. The summed E-state index contributed by atoms with van der Waals surface area (Å²) in [6.07, 6.45) is 1.31. The predicted molar refractivity (Wildman–Crippen MR) is 114 cm³/mol. The van der Waals surface area contributed by atoms with Crippen LogP contribution in [-0.4, -0.2) is 94.7 Å². The van der Waals surface area contributed by atoms with Crippen LogP contribution in [0.1, 0.15) is 18.4 Å². The first-order chi connectivity index (χ1) is 14.7. The highest BCUT2D eigenvalue weighted by molar-refractivity contribution is 7.89. The van der Waals surface area contributed by atoms with Gasteiger partial charge in [-0.1, -0.05) is 0 Å². The molecule has 0 bridgehead atoms. The first kappa shape index (κ1) is 22.6. The molecule has 0 spiro atoms. The zero-order chi connectivity index (χ0) is 22.2. The third-order valence-electron chi connectivity index (χ3n) is 5.98. The minimum atomic E-state index is -3.77. The van der Waals surface area contributed by atoms with E-state index in [1.807, 2.05) is 0 Å². The molecule has 0 N–H and O–H groups in total.